The number of hydrogen-bond acceptors (Lipinski definition) is 4. The van der Waals surface area contributed by atoms with E-state index in [0.717, 1.165) is 5.56 Å². The molecule has 1 aromatic carbocycles. The average molecular weight is 251 g/mol. The maximum atomic E-state index is 11.6. The SMILES string of the molecule is CN(C)c1nc(=O)c(Cl)c(-c2ccccc2)o1. The minimum absolute atomic E-state index is 0.00167. The van der Waals surface area contributed by atoms with Crippen LogP contribution >= 0.6 is 11.6 Å². The first-order valence-electron chi connectivity index (χ1n) is 5.03. The zero-order valence-electron chi connectivity index (χ0n) is 9.48. The van der Waals surface area contributed by atoms with Crippen molar-refractivity contribution in [3.63, 3.8) is 0 Å². The number of anilines is 1. The van der Waals surface area contributed by atoms with Gasteiger partial charge in [0.15, 0.2) is 10.8 Å². The summed E-state index contributed by atoms with van der Waals surface area (Å²) in [5, 5.41) is 0.00167. The van der Waals surface area contributed by atoms with Crippen LogP contribution in [-0.2, 0) is 0 Å². The van der Waals surface area contributed by atoms with Gasteiger partial charge >= 0.3 is 6.01 Å². The van der Waals surface area contributed by atoms with Gasteiger partial charge in [-0.05, 0) is 0 Å². The predicted molar refractivity (Wildman–Crippen MR) is 67.5 cm³/mol. The van der Waals surface area contributed by atoms with E-state index in [1.807, 2.05) is 30.3 Å². The standard InChI is InChI=1S/C12H11ClN2O2/c1-15(2)12-14-11(16)9(13)10(17-12)8-6-4-3-5-7-8/h3-7H,1-2H3. The second-order valence-electron chi connectivity index (χ2n) is 3.71. The summed E-state index contributed by atoms with van der Waals surface area (Å²) in [6.07, 6.45) is 0. The lowest BCUT2D eigenvalue weighted by Gasteiger charge is -2.11. The summed E-state index contributed by atoms with van der Waals surface area (Å²) in [6.45, 7) is 0. The smallest absolute Gasteiger partial charge is 0.300 e. The molecule has 1 aromatic heterocycles. The third-order valence-corrected chi connectivity index (χ3v) is 2.53. The van der Waals surface area contributed by atoms with Crippen molar-refractivity contribution >= 4 is 17.6 Å². The lowest BCUT2D eigenvalue weighted by atomic mass is 10.2. The van der Waals surface area contributed by atoms with Crippen LogP contribution in [0.5, 0.6) is 0 Å². The molecule has 0 amide bonds. The Morgan fingerprint density at radius 2 is 1.88 bits per heavy atom. The lowest BCUT2D eigenvalue weighted by molar-refractivity contribution is 0.538. The molecule has 0 aliphatic rings. The summed E-state index contributed by atoms with van der Waals surface area (Å²) in [7, 11) is 3.49. The Bertz CT molecular complexity index is 579. The number of benzene rings is 1. The van der Waals surface area contributed by atoms with E-state index in [1.165, 1.54) is 0 Å². The Hall–Kier alpha value is -1.81. The number of halogens is 1. The van der Waals surface area contributed by atoms with Crippen LogP contribution in [0, 0.1) is 0 Å². The Morgan fingerprint density at radius 3 is 2.47 bits per heavy atom. The van der Waals surface area contributed by atoms with Crippen molar-refractivity contribution in [2.24, 2.45) is 0 Å². The molecule has 0 saturated heterocycles. The van der Waals surface area contributed by atoms with E-state index in [-0.39, 0.29) is 11.0 Å². The van der Waals surface area contributed by atoms with Crippen molar-refractivity contribution in [1.82, 2.24) is 4.98 Å². The van der Waals surface area contributed by atoms with Crippen LogP contribution in [-0.4, -0.2) is 19.1 Å². The second-order valence-corrected chi connectivity index (χ2v) is 4.08. The molecule has 2 rings (SSSR count). The van der Waals surface area contributed by atoms with E-state index >= 15 is 0 Å². The van der Waals surface area contributed by atoms with Gasteiger partial charge in [-0.25, -0.2) is 0 Å². The monoisotopic (exact) mass is 250 g/mol. The minimum Gasteiger partial charge on any atom is -0.423 e. The van der Waals surface area contributed by atoms with Gasteiger partial charge in [0.05, 0.1) is 0 Å². The molecule has 0 N–H and O–H groups in total. The van der Waals surface area contributed by atoms with E-state index in [9.17, 15) is 4.79 Å². The van der Waals surface area contributed by atoms with E-state index in [4.69, 9.17) is 16.0 Å². The van der Waals surface area contributed by atoms with Gasteiger partial charge < -0.3 is 9.32 Å². The highest BCUT2D eigenvalue weighted by atomic mass is 35.5. The first kappa shape index (κ1) is 11.7. The summed E-state index contributed by atoms with van der Waals surface area (Å²) in [5.41, 5.74) is 0.264. The highest BCUT2D eigenvalue weighted by molar-refractivity contribution is 6.32. The molecule has 0 fully saturated rings. The Balaban J connectivity index is 2.65. The summed E-state index contributed by atoms with van der Waals surface area (Å²) >= 11 is 5.92. The van der Waals surface area contributed by atoms with Crippen molar-refractivity contribution in [2.45, 2.75) is 0 Å². The van der Waals surface area contributed by atoms with Crippen LogP contribution in [0.1, 0.15) is 0 Å². The normalized spacial score (nSPS) is 10.3. The molecule has 1 heterocycles. The number of nitrogens with zero attached hydrogens (tertiary/aromatic N) is 2. The predicted octanol–water partition coefficient (Wildman–Crippen LogP) is 2.42. The molecule has 2 aromatic rings. The summed E-state index contributed by atoms with van der Waals surface area (Å²) in [6, 6.07) is 9.46. The quantitative estimate of drug-likeness (QED) is 0.821. The maximum Gasteiger partial charge on any atom is 0.300 e. The third kappa shape index (κ3) is 2.31. The Kier molecular flexibility index (Phi) is 3.15. The van der Waals surface area contributed by atoms with Crippen LogP contribution in [0.4, 0.5) is 6.01 Å². The van der Waals surface area contributed by atoms with Crippen LogP contribution < -0.4 is 10.5 Å². The van der Waals surface area contributed by atoms with Crippen molar-refractivity contribution in [1.29, 1.82) is 0 Å². The van der Waals surface area contributed by atoms with Crippen LogP contribution in [0.2, 0.25) is 5.02 Å². The molecule has 0 saturated carbocycles. The van der Waals surface area contributed by atoms with Crippen molar-refractivity contribution < 1.29 is 4.42 Å². The molecular formula is C12H11ClN2O2. The van der Waals surface area contributed by atoms with E-state index in [0.29, 0.717) is 5.76 Å². The highest BCUT2D eigenvalue weighted by Crippen LogP contribution is 2.27. The highest BCUT2D eigenvalue weighted by Gasteiger charge is 2.14. The van der Waals surface area contributed by atoms with Gasteiger partial charge in [0, 0.05) is 19.7 Å². The molecule has 88 valence electrons. The zero-order valence-corrected chi connectivity index (χ0v) is 10.2. The van der Waals surface area contributed by atoms with Gasteiger partial charge in [-0.3, -0.25) is 4.79 Å². The Morgan fingerprint density at radius 1 is 1.24 bits per heavy atom. The molecule has 0 unspecified atom stereocenters. The van der Waals surface area contributed by atoms with Crippen molar-refractivity contribution in [3.05, 3.63) is 45.7 Å². The van der Waals surface area contributed by atoms with Gasteiger partial charge in [-0.1, -0.05) is 41.9 Å². The van der Waals surface area contributed by atoms with Crippen LogP contribution in [0.25, 0.3) is 11.3 Å². The molecule has 0 bridgehead atoms. The molecular weight excluding hydrogens is 240 g/mol. The van der Waals surface area contributed by atoms with Gasteiger partial charge in [0.2, 0.25) is 0 Å². The third-order valence-electron chi connectivity index (χ3n) is 2.20. The first-order chi connectivity index (χ1) is 8.09. The van der Waals surface area contributed by atoms with Gasteiger partial charge in [-0.15, -0.1) is 0 Å². The van der Waals surface area contributed by atoms with Gasteiger partial charge in [0.25, 0.3) is 5.56 Å². The number of aromatic nitrogens is 1. The first-order valence-corrected chi connectivity index (χ1v) is 5.41. The van der Waals surface area contributed by atoms with Crippen molar-refractivity contribution in [3.8, 4) is 11.3 Å². The minimum atomic E-state index is -0.486. The number of rotatable bonds is 2. The van der Waals surface area contributed by atoms with Crippen LogP contribution in [0.3, 0.4) is 0 Å². The zero-order chi connectivity index (χ0) is 12.4. The lowest BCUT2D eigenvalue weighted by Crippen LogP contribution is -2.17. The fourth-order valence-corrected chi connectivity index (χ4v) is 1.55. The molecule has 0 spiro atoms. The largest absolute Gasteiger partial charge is 0.423 e. The van der Waals surface area contributed by atoms with E-state index in [1.54, 1.807) is 19.0 Å². The van der Waals surface area contributed by atoms with Crippen LogP contribution in [0.15, 0.2) is 39.5 Å². The Labute approximate surface area is 103 Å². The molecule has 4 nitrogen and oxygen atoms in total. The van der Waals surface area contributed by atoms with Crippen molar-refractivity contribution in [2.75, 3.05) is 19.0 Å². The summed E-state index contributed by atoms with van der Waals surface area (Å²) < 4.78 is 5.52. The van der Waals surface area contributed by atoms with Gasteiger partial charge in [0.1, 0.15) is 0 Å². The van der Waals surface area contributed by atoms with E-state index in [2.05, 4.69) is 4.98 Å². The van der Waals surface area contributed by atoms with E-state index < -0.39 is 5.56 Å². The maximum absolute atomic E-state index is 11.6. The van der Waals surface area contributed by atoms with Gasteiger partial charge in [-0.2, -0.15) is 4.98 Å². The summed E-state index contributed by atoms with van der Waals surface area (Å²) in [5.74, 6) is 0.343. The molecule has 17 heavy (non-hydrogen) atoms. The fourth-order valence-electron chi connectivity index (χ4n) is 1.36. The molecule has 0 radical (unpaired) electrons. The summed E-state index contributed by atoms with van der Waals surface area (Å²) in [4.78, 5) is 17.0. The number of hydrogen-bond donors (Lipinski definition) is 0. The fraction of sp³-hybridized carbons (Fsp3) is 0.167. The average Bonchev–Trinajstić information content (AvgIpc) is 2.33. The second kappa shape index (κ2) is 4.59. The molecule has 0 aliphatic carbocycles. The molecule has 5 heteroatoms. The molecule has 0 atom stereocenters. The molecule has 0 aliphatic heterocycles. The topological polar surface area (TPSA) is 46.3 Å².